The van der Waals surface area contributed by atoms with Gasteiger partial charge in [0.2, 0.25) is 5.95 Å². The van der Waals surface area contributed by atoms with Crippen molar-refractivity contribution in [1.82, 2.24) is 29.1 Å². The molecule has 34 heavy (non-hydrogen) atoms. The third-order valence-electron chi connectivity index (χ3n) is 6.12. The molecule has 1 aromatic carbocycles. The highest BCUT2D eigenvalue weighted by molar-refractivity contribution is 6.04. The first-order valence-electron chi connectivity index (χ1n) is 11.4. The van der Waals surface area contributed by atoms with Crippen molar-refractivity contribution < 1.29 is 0 Å². The summed E-state index contributed by atoms with van der Waals surface area (Å²) in [5.41, 5.74) is 6.70. The van der Waals surface area contributed by atoms with Crippen LogP contribution in [-0.2, 0) is 7.05 Å². The van der Waals surface area contributed by atoms with Crippen molar-refractivity contribution in [3.63, 3.8) is 0 Å². The van der Waals surface area contributed by atoms with Crippen LogP contribution in [0.5, 0.6) is 0 Å². The van der Waals surface area contributed by atoms with Gasteiger partial charge in [-0.2, -0.15) is 0 Å². The molecule has 0 amide bonds. The van der Waals surface area contributed by atoms with E-state index in [1.54, 1.807) is 34.8 Å². The number of imidazole rings is 1. The first kappa shape index (κ1) is 21.8. The highest BCUT2D eigenvalue weighted by Crippen LogP contribution is 2.30. The maximum atomic E-state index is 13.4. The lowest BCUT2D eigenvalue weighted by molar-refractivity contribution is 0.802. The lowest BCUT2D eigenvalue weighted by Crippen LogP contribution is -2.22. The first-order chi connectivity index (χ1) is 16.4. The molecule has 4 heterocycles. The van der Waals surface area contributed by atoms with Crippen LogP contribution >= 0.6 is 0 Å². The van der Waals surface area contributed by atoms with Crippen molar-refractivity contribution in [3.8, 4) is 16.8 Å². The van der Waals surface area contributed by atoms with Gasteiger partial charge in [0.05, 0.1) is 34.1 Å². The summed E-state index contributed by atoms with van der Waals surface area (Å²) in [7, 11) is 1.77. The Balaban J connectivity index is 1.76. The standard InChI is InChI=1S/C26H27N7O/c1-6-27-25-29-12-18(13-30-25)17-7-8-21-19(11-17)24-23(14-28-21)32(5)26(34)33(24)22-10-9-20(15(2)3)31-16(22)4/h7-15H,6H2,1-5H3,(H,27,29,30). The minimum atomic E-state index is -0.129. The molecule has 172 valence electrons. The fourth-order valence-electron chi connectivity index (χ4n) is 4.26. The van der Waals surface area contributed by atoms with Crippen molar-refractivity contribution in [2.24, 2.45) is 7.05 Å². The minimum absolute atomic E-state index is 0.129. The number of rotatable bonds is 5. The molecule has 4 aromatic heterocycles. The molecule has 1 N–H and O–H groups in total. The summed E-state index contributed by atoms with van der Waals surface area (Å²) in [4.78, 5) is 31.6. The average molecular weight is 454 g/mol. The van der Waals surface area contributed by atoms with Crippen LogP contribution < -0.4 is 11.0 Å². The Kier molecular flexibility index (Phi) is 5.36. The van der Waals surface area contributed by atoms with Crippen molar-refractivity contribution in [3.05, 3.63) is 70.8 Å². The first-order valence-corrected chi connectivity index (χ1v) is 11.4. The molecule has 8 heteroatoms. The van der Waals surface area contributed by atoms with Gasteiger partial charge in [-0.3, -0.25) is 19.1 Å². The molecule has 5 rings (SSSR count). The number of aromatic nitrogens is 6. The number of benzene rings is 1. The van der Waals surface area contributed by atoms with Crippen LogP contribution in [0.2, 0.25) is 0 Å². The molecule has 5 aromatic rings. The number of aryl methyl sites for hydroxylation is 2. The van der Waals surface area contributed by atoms with Crippen molar-refractivity contribution in [2.75, 3.05) is 11.9 Å². The van der Waals surface area contributed by atoms with Gasteiger partial charge in [-0.15, -0.1) is 0 Å². The summed E-state index contributed by atoms with van der Waals surface area (Å²) < 4.78 is 3.39. The molecule has 0 bridgehead atoms. The van der Waals surface area contributed by atoms with E-state index in [0.717, 1.165) is 56.7 Å². The third kappa shape index (κ3) is 3.51. The topological polar surface area (TPSA) is 90.5 Å². The van der Waals surface area contributed by atoms with E-state index in [-0.39, 0.29) is 5.69 Å². The Morgan fingerprint density at radius 1 is 1.00 bits per heavy atom. The number of anilines is 1. The largest absolute Gasteiger partial charge is 0.355 e. The number of fused-ring (bicyclic) bond motifs is 3. The molecule has 0 unspecified atom stereocenters. The Hall–Kier alpha value is -4.07. The second kappa shape index (κ2) is 8.37. The van der Waals surface area contributed by atoms with E-state index < -0.39 is 0 Å². The number of nitrogens with one attached hydrogen (secondary N) is 1. The summed E-state index contributed by atoms with van der Waals surface area (Å²) in [5, 5.41) is 4.00. The van der Waals surface area contributed by atoms with Gasteiger partial charge in [0.15, 0.2) is 0 Å². The molecule has 0 fully saturated rings. The van der Waals surface area contributed by atoms with Gasteiger partial charge in [0.1, 0.15) is 0 Å². The Labute approximate surface area is 197 Å². The molecular weight excluding hydrogens is 426 g/mol. The zero-order valence-corrected chi connectivity index (χ0v) is 20.0. The number of pyridine rings is 2. The molecular formula is C26H27N7O. The monoisotopic (exact) mass is 453 g/mol. The maximum Gasteiger partial charge on any atom is 0.333 e. The van der Waals surface area contributed by atoms with E-state index in [4.69, 9.17) is 4.98 Å². The summed E-state index contributed by atoms with van der Waals surface area (Å²) >= 11 is 0. The summed E-state index contributed by atoms with van der Waals surface area (Å²) in [5.74, 6) is 0.909. The van der Waals surface area contributed by atoms with Gasteiger partial charge in [0.25, 0.3) is 0 Å². The van der Waals surface area contributed by atoms with Crippen LogP contribution in [0.1, 0.15) is 38.1 Å². The summed E-state index contributed by atoms with van der Waals surface area (Å²) in [6, 6.07) is 10.0. The van der Waals surface area contributed by atoms with Crippen LogP contribution in [0.4, 0.5) is 5.95 Å². The van der Waals surface area contributed by atoms with E-state index in [2.05, 4.69) is 40.2 Å². The second-order valence-corrected chi connectivity index (χ2v) is 8.72. The average Bonchev–Trinajstić information content (AvgIpc) is 3.09. The van der Waals surface area contributed by atoms with Crippen LogP contribution in [-0.4, -0.2) is 35.6 Å². The number of hydrogen-bond donors (Lipinski definition) is 1. The van der Waals surface area contributed by atoms with Gasteiger partial charge in [-0.05, 0) is 49.6 Å². The molecule has 0 saturated carbocycles. The van der Waals surface area contributed by atoms with E-state index in [1.165, 1.54) is 0 Å². The van der Waals surface area contributed by atoms with Gasteiger partial charge < -0.3 is 5.32 Å². The summed E-state index contributed by atoms with van der Waals surface area (Å²) in [6.45, 7) is 8.94. The van der Waals surface area contributed by atoms with Crippen LogP contribution in [0, 0.1) is 6.92 Å². The molecule has 8 nitrogen and oxygen atoms in total. The van der Waals surface area contributed by atoms with Crippen LogP contribution in [0.3, 0.4) is 0 Å². The predicted octanol–water partition coefficient (Wildman–Crippen LogP) is 4.59. The Bertz CT molecular complexity index is 1580. The fraction of sp³-hybridized carbons (Fsp3) is 0.269. The quantitative estimate of drug-likeness (QED) is 0.418. The molecule has 0 aliphatic rings. The van der Waals surface area contributed by atoms with Crippen molar-refractivity contribution in [2.45, 2.75) is 33.6 Å². The molecule has 0 aliphatic heterocycles. The zero-order valence-electron chi connectivity index (χ0n) is 20.0. The minimum Gasteiger partial charge on any atom is -0.355 e. The summed E-state index contributed by atoms with van der Waals surface area (Å²) in [6.07, 6.45) is 5.36. The van der Waals surface area contributed by atoms with E-state index in [0.29, 0.717) is 11.9 Å². The van der Waals surface area contributed by atoms with Gasteiger partial charge >= 0.3 is 5.69 Å². The molecule has 0 aliphatic carbocycles. The second-order valence-electron chi connectivity index (χ2n) is 8.72. The van der Waals surface area contributed by atoms with Gasteiger partial charge in [0, 0.05) is 42.6 Å². The Morgan fingerprint density at radius 3 is 2.44 bits per heavy atom. The van der Waals surface area contributed by atoms with E-state index in [9.17, 15) is 4.79 Å². The molecule has 0 radical (unpaired) electrons. The van der Waals surface area contributed by atoms with Crippen molar-refractivity contribution >= 4 is 27.9 Å². The lowest BCUT2D eigenvalue weighted by Gasteiger charge is -2.12. The van der Waals surface area contributed by atoms with Gasteiger partial charge in [-0.25, -0.2) is 14.8 Å². The maximum absolute atomic E-state index is 13.4. The molecule has 0 saturated heterocycles. The molecule has 0 spiro atoms. The third-order valence-corrected chi connectivity index (χ3v) is 6.12. The fourth-order valence-corrected chi connectivity index (χ4v) is 4.26. The van der Waals surface area contributed by atoms with E-state index in [1.807, 2.05) is 38.1 Å². The smallest absolute Gasteiger partial charge is 0.333 e. The van der Waals surface area contributed by atoms with Crippen molar-refractivity contribution in [1.29, 1.82) is 0 Å². The predicted molar refractivity (Wildman–Crippen MR) is 136 cm³/mol. The lowest BCUT2D eigenvalue weighted by atomic mass is 10.0. The van der Waals surface area contributed by atoms with Gasteiger partial charge in [-0.1, -0.05) is 19.9 Å². The Morgan fingerprint density at radius 2 is 1.76 bits per heavy atom. The highest BCUT2D eigenvalue weighted by Gasteiger charge is 2.19. The highest BCUT2D eigenvalue weighted by atomic mass is 16.1. The van der Waals surface area contributed by atoms with E-state index >= 15 is 0 Å². The van der Waals surface area contributed by atoms with Crippen LogP contribution in [0.15, 0.2) is 53.7 Å². The normalized spacial score (nSPS) is 11.6. The number of nitrogens with zero attached hydrogens (tertiary/aromatic N) is 6. The van der Waals surface area contributed by atoms with Crippen LogP contribution in [0.25, 0.3) is 38.8 Å². The molecule has 0 atom stereocenters. The zero-order chi connectivity index (χ0) is 24.0. The number of hydrogen-bond acceptors (Lipinski definition) is 6. The SMILES string of the molecule is CCNc1ncc(-c2ccc3ncc4c(c3c2)n(-c2ccc(C(C)C)nc2C)c(=O)n4C)cn1.